The van der Waals surface area contributed by atoms with Gasteiger partial charge < -0.3 is 9.80 Å². The van der Waals surface area contributed by atoms with Crippen molar-refractivity contribution in [3.63, 3.8) is 0 Å². The van der Waals surface area contributed by atoms with Gasteiger partial charge in [-0.3, -0.25) is 39.4 Å². The Morgan fingerprint density at radius 3 is 1.38 bits per heavy atom. The molecular formula is C35H40N4O6S2. The number of fused-ring (bicyclic) bond motifs is 2. The summed E-state index contributed by atoms with van der Waals surface area (Å²) in [5.74, 6) is 0.372. The van der Waals surface area contributed by atoms with Crippen LogP contribution in [0, 0.1) is 0 Å². The molecule has 0 radical (unpaired) electrons. The Kier molecular flexibility index (Phi) is 10.7. The summed E-state index contributed by atoms with van der Waals surface area (Å²) in [6.07, 6.45) is 9.34. The minimum Gasteiger partial charge on any atom is -0.322 e. The summed E-state index contributed by atoms with van der Waals surface area (Å²) in [6, 6.07) is 10.4. The number of carbonyl (C=O) groups is 6. The number of thioether (sulfide) groups is 2. The molecule has 2 aromatic rings. The third-order valence-electron chi connectivity index (χ3n) is 9.38. The summed E-state index contributed by atoms with van der Waals surface area (Å²) in [6.45, 7) is 0.821. The average molecular weight is 677 g/mol. The van der Waals surface area contributed by atoms with Crippen molar-refractivity contribution < 1.29 is 28.8 Å². The van der Waals surface area contributed by atoms with E-state index in [1.54, 1.807) is 33.3 Å². The van der Waals surface area contributed by atoms with Gasteiger partial charge in [0, 0.05) is 46.8 Å². The topological polar surface area (TPSA) is 133 Å². The van der Waals surface area contributed by atoms with E-state index in [-0.39, 0.29) is 48.3 Å². The molecule has 0 bridgehead atoms. The van der Waals surface area contributed by atoms with Crippen molar-refractivity contribution in [2.75, 3.05) is 11.5 Å². The molecule has 4 aliphatic rings. The largest absolute Gasteiger partial charge is 0.322 e. The molecule has 248 valence electrons. The first-order valence-electron chi connectivity index (χ1n) is 16.6. The fourth-order valence-electron chi connectivity index (χ4n) is 6.84. The van der Waals surface area contributed by atoms with Crippen LogP contribution in [0.15, 0.2) is 46.2 Å². The SMILES string of the molecule is O=C1CCC(N2Cc3c(SCCCCCCCCCSc4cccc5c4CN(C4CCC(=O)NC4=O)C5=O)cccc3C2=O)C(=O)N1. The van der Waals surface area contributed by atoms with E-state index in [1.807, 2.05) is 24.3 Å². The summed E-state index contributed by atoms with van der Waals surface area (Å²) in [7, 11) is 0. The molecule has 2 fully saturated rings. The molecule has 2 aromatic carbocycles. The van der Waals surface area contributed by atoms with Gasteiger partial charge in [0.25, 0.3) is 11.8 Å². The lowest BCUT2D eigenvalue weighted by Crippen LogP contribution is -2.52. The molecule has 2 N–H and O–H groups in total. The van der Waals surface area contributed by atoms with Crippen LogP contribution in [0.5, 0.6) is 0 Å². The van der Waals surface area contributed by atoms with Gasteiger partial charge >= 0.3 is 0 Å². The van der Waals surface area contributed by atoms with Gasteiger partial charge in [-0.25, -0.2) is 0 Å². The minimum atomic E-state index is -0.591. The third kappa shape index (κ3) is 7.43. The number of nitrogens with one attached hydrogen (secondary N) is 2. The van der Waals surface area contributed by atoms with E-state index in [1.165, 1.54) is 19.3 Å². The first-order valence-corrected chi connectivity index (χ1v) is 18.6. The number of unbranched alkanes of at least 4 members (excludes halogenated alkanes) is 6. The van der Waals surface area contributed by atoms with Crippen molar-refractivity contribution in [3.05, 3.63) is 58.7 Å². The Morgan fingerprint density at radius 2 is 0.979 bits per heavy atom. The van der Waals surface area contributed by atoms with Gasteiger partial charge in [-0.05, 0) is 72.6 Å². The lowest BCUT2D eigenvalue weighted by molar-refractivity contribution is -0.138. The number of hydrogen-bond acceptors (Lipinski definition) is 8. The summed E-state index contributed by atoms with van der Waals surface area (Å²) < 4.78 is 0. The number of amides is 6. The number of imide groups is 2. The van der Waals surface area contributed by atoms with Crippen molar-refractivity contribution >= 4 is 59.0 Å². The molecule has 0 aromatic heterocycles. The number of piperidine rings is 2. The predicted molar refractivity (Wildman–Crippen MR) is 179 cm³/mol. The van der Waals surface area contributed by atoms with Crippen LogP contribution in [0.4, 0.5) is 0 Å². The van der Waals surface area contributed by atoms with Crippen molar-refractivity contribution in [3.8, 4) is 0 Å². The molecule has 2 saturated heterocycles. The number of rotatable bonds is 14. The van der Waals surface area contributed by atoms with Crippen LogP contribution in [-0.2, 0) is 32.3 Å². The van der Waals surface area contributed by atoms with Crippen molar-refractivity contribution in [2.45, 2.75) is 106 Å². The maximum Gasteiger partial charge on any atom is 0.255 e. The quantitative estimate of drug-likeness (QED) is 0.165. The summed E-state index contributed by atoms with van der Waals surface area (Å²) in [4.78, 5) is 79.3. The number of hydrogen-bond donors (Lipinski definition) is 2. The molecule has 6 rings (SSSR count). The molecule has 47 heavy (non-hydrogen) atoms. The highest BCUT2D eigenvalue weighted by Crippen LogP contribution is 2.36. The van der Waals surface area contributed by atoms with Gasteiger partial charge in [0.05, 0.1) is 0 Å². The van der Waals surface area contributed by atoms with Crippen LogP contribution in [-0.4, -0.2) is 68.8 Å². The molecule has 4 aliphatic heterocycles. The Morgan fingerprint density at radius 1 is 0.574 bits per heavy atom. The fourth-order valence-corrected chi connectivity index (χ4v) is 9.02. The van der Waals surface area contributed by atoms with E-state index in [4.69, 9.17) is 0 Å². The van der Waals surface area contributed by atoms with Gasteiger partial charge in [-0.2, -0.15) is 0 Å². The maximum absolute atomic E-state index is 13.0. The highest BCUT2D eigenvalue weighted by Gasteiger charge is 2.41. The zero-order valence-corrected chi connectivity index (χ0v) is 28.0. The smallest absolute Gasteiger partial charge is 0.255 e. The van der Waals surface area contributed by atoms with Crippen LogP contribution in [0.2, 0.25) is 0 Å². The number of carbonyl (C=O) groups excluding carboxylic acids is 6. The molecule has 10 nitrogen and oxygen atoms in total. The zero-order valence-electron chi connectivity index (χ0n) is 26.4. The van der Waals surface area contributed by atoms with E-state index >= 15 is 0 Å². The zero-order chi connectivity index (χ0) is 32.9. The lowest BCUT2D eigenvalue weighted by Gasteiger charge is -2.29. The normalized spacial score (nSPS) is 20.9. The predicted octanol–water partition coefficient (Wildman–Crippen LogP) is 4.82. The molecule has 12 heteroatoms. The molecule has 4 heterocycles. The van der Waals surface area contributed by atoms with Crippen LogP contribution >= 0.6 is 23.5 Å². The summed E-state index contributed by atoms with van der Waals surface area (Å²) in [5.41, 5.74) is 3.31. The Bertz CT molecular complexity index is 1480. The number of benzene rings is 2. The highest BCUT2D eigenvalue weighted by atomic mass is 32.2. The second-order valence-electron chi connectivity index (χ2n) is 12.5. The second-order valence-corrected chi connectivity index (χ2v) is 14.8. The molecule has 6 amide bonds. The Hall–Kier alpha value is -3.64. The standard InChI is InChI=1S/C35H40N4O6S2/c40-30-16-14-26(32(42)36-30)38-20-24-22(34(38)44)10-8-12-28(24)46-18-6-4-2-1-3-5-7-19-47-29-13-9-11-23-25(29)21-39(35(23)45)27-15-17-31(41)37-33(27)43/h8-13,26-27H,1-7,14-21H2,(H,36,40,42)(H,37,41,43). The monoisotopic (exact) mass is 676 g/mol. The average Bonchev–Trinajstić information content (AvgIpc) is 3.57. The van der Waals surface area contributed by atoms with Gasteiger partial charge in [0.15, 0.2) is 0 Å². The molecular weight excluding hydrogens is 637 g/mol. The van der Waals surface area contributed by atoms with Gasteiger partial charge in [0.2, 0.25) is 23.6 Å². The first kappa shape index (κ1) is 33.3. The van der Waals surface area contributed by atoms with E-state index in [9.17, 15) is 28.8 Å². The second kappa shape index (κ2) is 15.1. The lowest BCUT2D eigenvalue weighted by atomic mass is 10.0. The maximum atomic E-state index is 13.0. The first-order chi connectivity index (χ1) is 22.8. The van der Waals surface area contributed by atoms with E-state index in [0.717, 1.165) is 58.1 Å². The minimum absolute atomic E-state index is 0.130. The molecule has 0 saturated carbocycles. The third-order valence-corrected chi connectivity index (χ3v) is 11.8. The van der Waals surface area contributed by atoms with Crippen molar-refractivity contribution in [1.82, 2.24) is 20.4 Å². The van der Waals surface area contributed by atoms with Crippen molar-refractivity contribution in [1.29, 1.82) is 0 Å². The molecule has 0 aliphatic carbocycles. The van der Waals surface area contributed by atoms with Crippen LogP contribution < -0.4 is 10.6 Å². The molecule has 2 unspecified atom stereocenters. The van der Waals surface area contributed by atoms with Crippen molar-refractivity contribution in [2.24, 2.45) is 0 Å². The Labute approximate surface area is 283 Å². The van der Waals surface area contributed by atoms with Crippen LogP contribution in [0.3, 0.4) is 0 Å². The van der Waals surface area contributed by atoms with E-state index in [0.29, 0.717) is 37.1 Å². The van der Waals surface area contributed by atoms with E-state index < -0.39 is 12.1 Å². The van der Waals surface area contributed by atoms with Gasteiger partial charge in [-0.1, -0.05) is 44.2 Å². The number of nitrogens with zero attached hydrogens (tertiary/aromatic N) is 2. The van der Waals surface area contributed by atoms with Crippen LogP contribution in [0.25, 0.3) is 0 Å². The molecule has 2 atom stereocenters. The van der Waals surface area contributed by atoms with Crippen LogP contribution in [0.1, 0.15) is 102 Å². The fraction of sp³-hybridized carbons (Fsp3) is 0.486. The summed E-state index contributed by atoms with van der Waals surface area (Å²) >= 11 is 3.55. The Balaban J connectivity index is 0.858. The van der Waals surface area contributed by atoms with E-state index in [2.05, 4.69) is 22.8 Å². The van der Waals surface area contributed by atoms with Gasteiger partial charge in [0.1, 0.15) is 12.1 Å². The highest BCUT2D eigenvalue weighted by molar-refractivity contribution is 7.99. The summed E-state index contributed by atoms with van der Waals surface area (Å²) in [5, 5.41) is 4.73. The molecule has 0 spiro atoms. The van der Waals surface area contributed by atoms with Gasteiger partial charge in [-0.15, -0.1) is 23.5 Å².